The van der Waals surface area contributed by atoms with Gasteiger partial charge in [-0.15, -0.1) is 11.3 Å². The molecule has 0 N–H and O–H groups in total. The minimum absolute atomic E-state index is 0.00500. The quantitative estimate of drug-likeness (QED) is 0.322. The zero-order valence-corrected chi connectivity index (χ0v) is 18.3. The van der Waals surface area contributed by atoms with Crippen LogP contribution < -0.4 is 4.90 Å². The maximum absolute atomic E-state index is 13.1. The van der Waals surface area contributed by atoms with E-state index in [0.717, 1.165) is 10.0 Å². The van der Waals surface area contributed by atoms with Gasteiger partial charge < -0.3 is 4.74 Å². The standard InChI is InChI=1S/C19H15BrClN3O4S/c1-28-9-8-23(18(25)15-10-13(20)4-7-16(15)21)19-22-17(11-29-19)12-2-5-14(6-3-12)24(26)27/h2-7,10-11H,8-9H2,1H3. The molecule has 29 heavy (non-hydrogen) atoms. The Morgan fingerprint density at radius 1 is 1.31 bits per heavy atom. The van der Waals surface area contributed by atoms with Crippen molar-refractivity contribution in [2.75, 3.05) is 25.2 Å². The summed E-state index contributed by atoms with van der Waals surface area (Å²) >= 11 is 10.9. The van der Waals surface area contributed by atoms with Crippen molar-refractivity contribution in [1.29, 1.82) is 0 Å². The number of anilines is 1. The summed E-state index contributed by atoms with van der Waals surface area (Å²) < 4.78 is 5.88. The Bertz CT molecular complexity index is 1040. The fourth-order valence-corrected chi connectivity index (χ4v) is 3.97. The average molecular weight is 497 g/mol. The summed E-state index contributed by atoms with van der Waals surface area (Å²) in [6, 6.07) is 11.2. The first-order valence-corrected chi connectivity index (χ1v) is 10.4. The van der Waals surface area contributed by atoms with Crippen molar-refractivity contribution in [2.45, 2.75) is 0 Å². The molecule has 0 radical (unpaired) electrons. The molecule has 0 unspecified atom stereocenters. The van der Waals surface area contributed by atoms with Crippen LogP contribution in [0.15, 0.2) is 52.3 Å². The molecular weight excluding hydrogens is 482 g/mol. The monoisotopic (exact) mass is 495 g/mol. The molecule has 0 saturated heterocycles. The summed E-state index contributed by atoms with van der Waals surface area (Å²) in [5.74, 6) is -0.294. The van der Waals surface area contributed by atoms with Crippen LogP contribution in [-0.2, 0) is 4.74 Å². The van der Waals surface area contributed by atoms with E-state index in [4.69, 9.17) is 16.3 Å². The topological polar surface area (TPSA) is 85.6 Å². The Labute approximate surface area is 184 Å². The highest BCUT2D eigenvalue weighted by molar-refractivity contribution is 9.10. The SMILES string of the molecule is COCCN(C(=O)c1cc(Br)ccc1Cl)c1nc(-c2ccc([N+](=O)[O-])cc2)cs1. The van der Waals surface area contributed by atoms with E-state index in [0.29, 0.717) is 34.6 Å². The summed E-state index contributed by atoms with van der Waals surface area (Å²) in [6.45, 7) is 0.620. The average Bonchev–Trinajstić information content (AvgIpc) is 3.20. The smallest absolute Gasteiger partial charge is 0.269 e. The second kappa shape index (κ2) is 9.45. The molecule has 0 bridgehead atoms. The molecular formula is C19H15BrClN3O4S. The molecule has 150 valence electrons. The van der Waals surface area contributed by atoms with Crippen LogP contribution in [0.1, 0.15) is 10.4 Å². The predicted molar refractivity (Wildman–Crippen MR) is 117 cm³/mol. The third-order valence-corrected chi connectivity index (χ3v) is 5.71. The highest BCUT2D eigenvalue weighted by atomic mass is 79.9. The Morgan fingerprint density at radius 2 is 2.03 bits per heavy atom. The van der Waals surface area contributed by atoms with Crippen LogP contribution in [0.2, 0.25) is 5.02 Å². The molecule has 0 saturated carbocycles. The van der Waals surface area contributed by atoms with Crippen molar-refractivity contribution in [3.05, 3.63) is 73.0 Å². The van der Waals surface area contributed by atoms with E-state index >= 15 is 0 Å². The summed E-state index contributed by atoms with van der Waals surface area (Å²) in [5.41, 5.74) is 1.70. The Balaban J connectivity index is 1.92. The van der Waals surface area contributed by atoms with Crippen LogP contribution in [0.25, 0.3) is 11.3 Å². The number of ether oxygens (including phenoxy) is 1. The zero-order chi connectivity index (χ0) is 21.0. The van der Waals surface area contributed by atoms with Crippen molar-refractivity contribution >= 4 is 55.6 Å². The molecule has 0 atom stereocenters. The number of halogens is 2. The number of nitrogens with zero attached hydrogens (tertiary/aromatic N) is 3. The van der Waals surface area contributed by atoms with Gasteiger partial charge in [-0.1, -0.05) is 27.5 Å². The van der Waals surface area contributed by atoms with Gasteiger partial charge in [-0.2, -0.15) is 0 Å². The van der Waals surface area contributed by atoms with Gasteiger partial charge in [-0.3, -0.25) is 19.8 Å². The van der Waals surface area contributed by atoms with E-state index in [2.05, 4.69) is 20.9 Å². The maximum atomic E-state index is 13.1. The first kappa shape index (κ1) is 21.4. The number of hydrogen-bond donors (Lipinski definition) is 0. The summed E-state index contributed by atoms with van der Waals surface area (Å²) in [6.07, 6.45) is 0. The first-order chi connectivity index (χ1) is 13.9. The molecule has 0 fully saturated rings. The van der Waals surface area contributed by atoms with Crippen molar-refractivity contribution in [2.24, 2.45) is 0 Å². The Morgan fingerprint density at radius 3 is 2.69 bits per heavy atom. The lowest BCUT2D eigenvalue weighted by Gasteiger charge is -2.20. The van der Waals surface area contributed by atoms with E-state index in [-0.39, 0.29) is 11.6 Å². The third kappa shape index (κ3) is 4.99. The predicted octanol–water partition coefficient (Wildman–Crippen LogP) is 5.43. The molecule has 3 aromatic rings. The number of nitro groups is 1. The maximum Gasteiger partial charge on any atom is 0.269 e. The number of non-ortho nitro benzene ring substituents is 1. The lowest BCUT2D eigenvalue weighted by atomic mass is 10.1. The summed E-state index contributed by atoms with van der Waals surface area (Å²) in [4.78, 5) is 29.6. The number of methoxy groups -OCH3 is 1. The minimum Gasteiger partial charge on any atom is -0.383 e. The number of thiazole rings is 1. The van der Waals surface area contributed by atoms with E-state index in [1.54, 1.807) is 42.8 Å². The van der Waals surface area contributed by atoms with Gasteiger partial charge in [0.2, 0.25) is 0 Å². The van der Waals surface area contributed by atoms with Crippen LogP contribution in [0.3, 0.4) is 0 Å². The molecule has 0 aliphatic carbocycles. The van der Waals surface area contributed by atoms with Crippen molar-refractivity contribution < 1.29 is 14.5 Å². The van der Waals surface area contributed by atoms with Crippen LogP contribution in [0, 0.1) is 10.1 Å². The van der Waals surface area contributed by atoms with Gasteiger partial charge >= 0.3 is 0 Å². The van der Waals surface area contributed by atoms with E-state index in [9.17, 15) is 14.9 Å². The Kier molecular flexibility index (Phi) is 6.96. The molecule has 10 heteroatoms. The number of benzene rings is 2. The molecule has 1 amide bonds. The van der Waals surface area contributed by atoms with Crippen LogP contribution >= 0.6 is 38.9 Å². The van der Waals surface area contributed by atoms with Gasteiger partial charge in [0.1, 0.15) is 0 Å². The van der Waals surface area contributed by atoms with Crippen LogP contribution in [-0.4, -0.2) is 36.1 Å². The number of rotatable bonds is 7. The first-order valence-electron chi connectivity index (χ1n) is 8.37. The van der Waals surface area contributed by atoms with Gasteiger partial charge in [0.25, 0.3) is 11.6 Å². The summed E-state index contributed by atoms with van der Waals surface area (Å²) in [5, 5.41) is 13.4. The van der Waals surface area contributed by atoms with Crippen molar-refractivity contribution in [3.63, 3.8) is 0 Å². The van der Waals surface area contributed by atoms with E-state index in [1.807, 2.05) is 0 Å². The number of nitro benzene ring substituents is 1. The largest absolute Gasteiger partial charge is 0.383 e. The molecule has 0 aliphatic rings. The van der Waals surface area contributed by atoms with E-state index in [1.165, 1.54) is 28.4 Å². The second-order valence-corrected chi connectivity index (χ2v) is 8.05. The molecule has 0 spiro atoms. The fourth-order valence-electron chi connectivity index (χ4n) is 2.55. The number of carbonyl (C=O) groups is 1. The van der Waals surface area contributed by atoms with Crippen LogP contribution in [0.5, 0.6) is 0 Å². The number of amides is 1. The molecule has 1 heterocycles. The highest BCUT2D eigenvalue weighted by Gasteiger charge is 2.23. The lowest BCUT2D eigenvalue weighted by Crippen LogP contribution is -2.34. The lowest BCUT2D eigenvalue weighted by molar-refractivity contribution is -0.384. The Hall–Kier alpha value is -2.33. The molecule has 3 rings (SSSR count). The fraction of sp³-hybridized carbons (Fsp3) is 0.158. The molecule has 0 aliphatic heterocycles. The van der Waals surface area contributed by atoms with Crippen LogP contribution in [0.4, 0.5) is 10.8 Å². The van der Waals surface area contributed by atoms with E-state index < -0.39 is 4.92 Å². The van der Waals surface area contributed by atoms with Gasteiger partial charge in [0.15, 0.2) is 5.13 Å². The molecule has 7 nitrogen and oxygen atoms in total. The van der Waals surface area contributed by atoms with Crippen molar-refractivity contribution in [1.82, 2.24) is 4.98 Å². The molecule has 2 aromatic carbocycles. The minimum atomic E-state index is -0.455. The zero-order valence-electron chi connectivity index (χ0n) is 15.2. The van der Waals surface area contributed by atoms with Gasteiger partial charge in [0.05, 0.1) is 34.4 Å². The number of aromatic nitrogens is 1. The van der Waals surface area contributed by atoms with Gasteiger partial charge in [-0.25, -0.2) is 4.98 Å². The summed E-state index contributed by atoms with van der Waals surface area (Å²) in [7, 11) is 1.55. The van der Waals surface area contributed by atoms with Gasteiger partial charge in [-0.05, 0) is 30.3 Å². The van der Waals surface area contributed by atoms with Crippen molar-refractivity contribution in [3.8, 4) is 11.3 Å². The molecule has 1 aromatic heterocycles. The number of carbonyl (C=O) groups excluding carboxylic acids is 1. The van der Waals surface area contributed by atoms with Gasteiger partial charge in [0, 0.05) is 34.7 Å². The number of hydrogen-bond acceptors (Lipinski definition) is 6. The third-order valence-electron chi connectivity index (χ3n) is 4.02. The second-order valence-electron chi connectivity index (χ2n) is 5.89. The highest BCUT2D eigenvalue weighted by Crippen LogP contribution is 2.31. The normalized spacial score (nSPS) is 10.7.